The van der Waals surface area contributed by atoms with Gasteiger partial charge in [-0.1, -0.05) is 0 Å². The lowest BCUT2D eigenvalue weighted by atomic mass is 10.2. The molecule has 1 N–H and O–H groups in total. The average Bonchev–Trinajstić information content (AvgIpc) is 2.92. The van der Waals surface area contributed by atoms with Crippen molar-refractivity contribution >= 4 is 5.91 Å². The molecule has 0 aliphatic carbocycles. The zero-order valence-electron chi connectivity index (χ0n) is 11.5. The van der Waals surface area contributed by atoms with Gasteiger partial charge in [-0.3, -0.25) is 14.8 Å². The number of hydrogen-bond acceptors (Lipinski definition) is 4. The van der Waals surface area contributed by atoms with E-state index in [0.717, 1.165) is 18.7 Å². The van der Waals surface area contributed by atoms with Gasteiger partial charge < -0.3 is 4.74 Å². The van der Waals surface area contributed by atoms with Gasteiger partial charge in [-0.05, 0) is 18.6 Å². The molecule has 0 radical (unpaired) electrons. The van der Waals surface area contributed by atoms with E-state index >= 15 is 0 Å². The number of pyridine rings is 1. The summed E-state index contributed by atoms with van der Waals surface area (Å²) in [5, 5.41) is 1.45. The summed E-state index contributed by atoms with van der Waals surface area (Å²) in [7, 11) is 0. The lowest BCUT2D eigenvalue weighted by molar-refractivity contribution is -0.137. The van der Waals surface area contributed by atoms with Crippen LogP contribution in [0.3, 0.4) is 0 Å². The number of alkyl halides is 3. The molecular weight excluding hydrogens is 287 g/mol. The molecule has 0 spiro atoms. The highest BCUT2D eigenvalue weighted by Crippen LogP contribution is 2.28. The Kier molecular flexibility index (Phi) is 4.79. The maximum Gasteiger partial charge on any atom is 0.417 e. The van der Waals surface area contributed by atoms with Crippen molar-refractivity contribution in [3.05, 3.63) is 29.6 Å². The third-order valence-corrected chi connectivity index (χ3v) is 3.19. The zero-order valence-corrected chi connectivity index (χ0v) is 11.5. The lowest BCUT2D eigenvalue weighted by Crippen LogP contribution is -2.48. The van der Waals surface area contributed by atoms with Gasteiger partial charge in [0.1, 0.15) is 0 Å². The van der Waals surface area contributed by atoms with Gasteiger partial charge in [0.2, 0.25) is 5.91 Å². The summed E-state index contributed by atoms with van der Waals surface area (Å²) in [6.07, 6.45) is -2.88. The van der Waals surface area contributed by atoms with E-state index in [0.29, 0.717) is 18.9 Å². The Morgan fingerprint density at radius 3 is 2.76 bits per heavy atom. The fraction of sp³-hybridized carbons (Fsp3) is 0.538. The standard InChI is InChI=1S/C13H16F3N3O2/c1-9(20)19(12-4-5-21-8-12)18-7-11-3-2-10(6-17-11)13(14,15)16/h2-3,6,12,18H,4-5,7-8H2,1H3/t12-/m0/s1. The first-order chi connectivity index (χ1) is 9.88. The van der Waals surface area contributed by atoms with Crippen LogP contribution in [0.15, 0.2) is 18.3 Å². The third-order valence-electron chi connectivity index (χ3n) is 3.19. The topological polar surface area (TPSA) is 54.5 Å². The predicted octanol–water partition coefficient (Wildman–Crippen LogP) is 1.74. The molecule has 2 heterocycles. The number of nitrogens with zero attached hydrogens (tertiary/aromatic N) is 2. The molecule has 5 nitrogen and oxygen atoms in total. The van der Waals surface area contributed by atoms with Gasteiger partial charge in [-0.2, -0.15) is 13.2 Å². The van der Waals surface area contributed by atoms with E-state index in [1.807, 2.05) is 0 Å². The molecule has 1 aliphatic rings. The maximum atomic E-state index is 12.4. The van der Waals surface area contributed by atoms with Gasteiger partial charge in [0.25, 0.3) is 0 Å². The molecule has 1 aliphatic heterocycles. The molecule has 0 aromatic carbocycles. The molecular formula is C13H16F3N3O2. The Morgan fingerprint density at radius 2 is 2.29 bits per heavy atom. The minimum atomic E-state index is -4.40. The maximum absolute atomic E-state index is 12.4. The second-order valence-electron chi connectivity index (χ2n) is 4.78. The molecule has 1 amide bonds. The van der Waals surface area contributed by atoms with Gasteiger partial charge >= 0.3 is 6.18 Å². The second kappa shape index (κ2) is 6.40. The third kappa shape index (κ3) is 4.15. The van der Waals surface area contributed by atoms with Crippen molar-refractivity contribution in [3.8, 4) is 0 Å². The number of carbonyl (C=O) groups is 1. The van der Waals surface area contributed by atoms with Crippen LogP contribution in [-0.2, 0) is 22.3 Å². The summed E-state index contributed by atoms with van der Waals surface area (Å²) in [6.45, 7) is 2.64. The molecule has 116 valence electrons. The highest BCUT2D eigenvalue weighted by Gasteiger charge is 2.30. The minimum Gasteiger partial charge on any atom is -0.379 e. The van der Waals surface area contributed by atoms with Crippen LogP contribution in [0.25, 0.3) is 0 Å². The summed E-state index contributed by atoms with van der Waals surface area (Å²) < 4.78 is 42.5. The normalized spacial score (nSPS) is 18.8. The zero-order chi connectivity index (χ0) is 15.5. The Morgan fingerprint density at radius 1 is 1.52 bits per heavy atom. The van der Waals surface area contributed by atoms with E-state index < -0.39 is 11.7 Å². The van der Waals surface area contributed by atoms with E-state index in [1.165, 1.54) is 18.0 Å². The van der Waals surface area contributed by atoms with E-state index in [1.54, 1.807) is 0 Å². The molecule has 1 aromatic rings. The second-order valence-corrected chi connectivity index (χ2v) is 4.78. The van der Waals surface area contributed by atoms with Crippen LogP contribution in [0.1, 0.15) is 24.6 Å². The molecule has 1 aromatic heterocycles. The van der Waals surface area contributed by atoms with Crippen LogP contribution in [0, 0.1) is 0 Å². The highest BCUT2D eigenvalue weighted by molar-refractivity contribution is 5.73. The molecule has 1 atom stereocenters. The smallest absolute Gasteiger partial charge is 0.379 e. The summed E-state index contributed by atoms with van der Waals surface area (Å²) in [5.74, 6) is -0.169. The number of ether oxygens (including phenoxy) is 1. The number of aromatic nitrogens is 1. The number of rotatable bonds is 4. The molecule has 2 rings (SSSR count). The van der Waals surface area contributed by atoms with Crippen molar-refractivity contribution in [2.75, 3.05) is 13.2 Å². The lowest BCUT2D eigenvalue weighted by Gasteiger charge is -2.27. The Bertz CT molecular complexity index is 484. The fourth-order valence-electron chi connectivity index (χ4n) is 2.09. The number of carbonyl (C=O) groups excluding carboxylic acids is 1. The molecule has 8 heteroatoms. The minimum absolute atomic E-state index is 0.0584. The van der Waals surface area contributed by atoms with Gasteiger partial charge in [-0.25, -0.2) is 5.43 Å². The first-order valence-electron chi connectivity index (χ1n) is 6.51. The van der Waals surface area contributed by atoms with E-state index in [2.05, 4.69) is 10.4 Å². The fourth-order valence-corrected chi connectivity index (χ4v) is 2.09. The van der Waals surface area contributed by atoms with Gasteiger partial charge in [0.15, 0.2) is 0 Å². The van der Waals surface area contributed by atoms with Crippen molar-refractivity contribution < 1.29 is 22.7 Å². The quantitative estimate of drug-likeness (QED) is 0.861. The molecule has 1 saturated heterocycles. The van der Waals surface area contributed by atoms with Crippen molar-refractivity contribution in [1.29, 1.82) is 0 Å². The van der Waals surface area contributed by atoms with E-state index in [-0.39, 0.29) is 18.5 Å². The summed E-state index contributed by atoms with van der Waals surface area (Å²) in [6, 6.07) is 2.21. The number of halogens is 3. The van der Waals surface area contributed by atoms with Crippen LogP contribution >= 0.6 is 0 Å². The summed E-state index contributed by atoms with van der Waals surface area (Å²) >= 11 is 0. The predicted molar refractivity (Wildman–Crippen MR) is 67.8 cm³/mol. The largest absolute Gasteiger partial charge is 0.417 e. The monoisotopic (exact) mass is 303 g/mol. The van der Waals surface area contributed by atoms with Crippen LogP contribution in [0.5, 0.6) is 0 Å². The Balaban J connectivity index is 1.96. The van der Waals surface area contributed by atoms with E-state index in [9.17, 15) is 18.0 Å². The SMILES string of the molecule is CC(=O)N(NCc1ccc(C(F)(F)F)cn1)[C@H]1CCOC1. The van der Waals surface area contributed by atoms with Crippen LogP contribution in [0.2, 0.25) is 0 Å². The molecule has 1 fully saturated rings. The number of nitrogens with one attached hydrogen (secondary N) is 1. The molecule has 0 bridgehead atoms. The number of amides is 1. The molecule has 0 unspecified atom stereocenters. The Labute approximate surface area is 120 Å². The van der Waals surface area contributed by atoms with Crippen LogP contribution < -0.4 is 5.43 Å². The summed E-state index contributed by atoms with van der Waals surface area (Å²) in [4.78, 5) is 15.3. The van der Waals surface area contributed by atoms with Crippen LogP contribution in [0.4, 0.5) is 13.2 Å². The van der Waals surface area contributed by atoms with Gasteiger partial charge in [0.05, 0.1) is 30.5 Å². The van der Waals surface area contributed by atoms with E-state index in [4.69, 9.17) is 4.74 Å². The van der Waals surface area contributed by atoms with Gasteiger partial charge in [-0.15, -0.1) is 0 Å². The Hall–Kier alpha value is -1.67. The van der Waals surface area contributed by atoms with Crippen molar-refractivity contribution in [1.82, 2.24) is 15.4 Å². The number of hydrazine groups is 1. The number of hydrogen-bond donors (Lipinski definition) is 1. The van der Waals surface area contributed by atoms with Crippen molar-refractivity contribution in [2.24, 2.45) is 0 Å². The van der Waals surface area contributed by atoms with Crippen LogP contribution in [-0.4, -0.2) is 35.2 Å². The van der Waals surface area contributed by atoms with Crippen molar-refractivity contribution in [2.45, 2.75) is 32.1 Å². The average molecular weight is 303 g/mol. The van der Waals surface area contributed by atoms with Gasteiger partial charge in [0, 0.05) is 19.7 Å². The molecule has 21 heavy (non-hydrogen) atoms. The van der Waals surface area contributed by atoms with Crippen molar-refractivity contribution in [3.63, 3.8) is 0 Å². The summed E-state index contributed by atoms with van der Waals surface area (Å²) in [5.41, 5.74) is 2.53. The highest BCUT2D eigenvalue weighted by atomic mass is 19.4. The first-order valence-corrected chi connectivity index (χ1v) is 6.51. The molecule has 0 saturated carbocycles. The first kappa shape index (κ1) is 15.7.